The Bertz CT molecular complexity index is 241. The highest BCUT2D eigenvalue weighted by Crippen LogP contribution is 1.96. The van der Waals surface area contributed by atoms with Gasteiger partial charge in [-0.2, -0.15) is 0 Å². The second kappa shape index (κ2) is 3.73. The van der Waals surface area contributed by atoms with E-state index in [4.69, 9.17) is 5.11 Å². The summed E-state index contributed by atoms with van der Waals surface area (Å²) in [6.45, 7) is 4.52. The van der Waals surface area contributed by atoms with Gasteiger partial charge in [0.05, 0.1) is 0 Å². The van der Waals surface area contributed by atoms with E-state index in [2.05, 4.69) is 4.72 Å². The zero-order valence-electron chi connectivity index (χ0n) is 6.83. The first-order chi connectivity index (χ1) is 4.90. The van der Waals surface area contributed by atoms with Crippen molar-refractivity contribution in [1.29, 1.82) is 0 Å². The van der Waals surface area contributed by atoms with E-state index in [0.29, 0.717) is 5.70 Å². The number of hydrogen-bond donors (Lipinski definition) is 2. The molecule has 0 saturated heterocycles. The molecule has 0 bridgehead atoms. The first-order valence-corrected chi connectivity index (χ1v) is 4.77. The Morgan fingerprint density at radius 3 is 2.36 bits per heavy atom. The summed E-state index contributed by atoms with van der Waals surface area (Å²) in [7, 11) is -3.57. The number of allylic oxidation sites excluding steroid dienone is 2. The fourth-order valence-corrected chi connectivity index (χ4v) is 1.11. The maximum atomic E-state index is 10.9. The van der Waals surface area contributed by atoms with Crippen molar-refractivity contribution in [2.45, 2.75) is 26.2 Å². The molecule has 11 heavy (non-hydrogen) atoms. The lowest BCUT2D eigenvalue weighted by atomic mass is 10.5. The number of rotatable bonds is 3. The molecular weight excluding hydrogens is 166 g/mol. The van der Waals surface area contributed by atoms with Crippen LogP contribution in [0.3, 0.4) is 0 Å². The maximum absolute atomic E-state index is 10.9. The van der Waals surface area contributed by atoms with Gasteiger partial charge in [0.2, 0.25) is 0 Å². The highest BCUT2D eigenvalue weighted by atomic mass is 32.2. The molecule has 0 amide bonds. The van der Waals surface area contributed by atoms with Crippen molar-refractivity contribution in [3.8, 4) is 0 Å². The third-order valence-electron chi connectivity index (χ3n) is 1.19. The average molecular weight is 179 g/mol. The maximum Gasteiger partial charge on any atom is 0.259 e. The SMILES string of the molecule is C/C=C(\C)NS(=O)(=O)C(C)O. The van der Waals surface area contributed by atoms with Crippen molar-refractivity contribution in [3.05, 3.63) is 11.8 Å². The van der Waals surface area contributed by atoms with Gasteiger partial charge in [-0.3, -0.25) is 4.72 Å². The van der Waals surface area contributed by atoms with Gasteiger partial charge in [0.25, 0.3) is 10.0 Å². The van der Waals surface area contributed by atoms with Crippen LogP contribution >= 0.6 is 0 Å². The van der Waals surface area contributed by atoms with Crippen LogP contribution in [0.5, 0.6) is 0 Å². The highest BCUT2D eigenvalue weighted by molar-refractivity contribution is 7.90. The van der Waals surface area contributed by atoms with E-state index in [1.54, 1.807) is 19.9 Å². The van der Waals surface area contributed by atoms with Crippen LogP contribution < -0.4 is 4.72 Å². The molecule has 0 aliphatic heterocycles. The van der Waals surface area contributed by atoms with Gasteiger partial charge < -0.3 is 5.11 Å². The minimum Gasteiger partial charge on any atom is -0.376 e. The van der Waals surface area contributed by atoms with Crippen molar-refractivity contribution in [2.24, 2.45) is 0 Å². The van der Waals surface area contributed by atoms with E-state index in [1.165, 1.54) is 6.92 Å². The van der Waals surface area contributed by atoms with Gasteiger partial charge in [-0.25, -0.2) is 8.42 Å². The third-order valence-corrected chi connectivity index (χ3v) is 2.69. The predicted molar refractivity (Wildman–Crippen MR) is 43.2 cm³/mol. The Kier molecular flexibility index (Phi) is 3.54. The van der Waals surface area contributed by atoms with Crippen molar-refractivity contribution < 1.29 is 13.5 Å². The smallest absolute Gasteiger partial charge is 0.259 e. The lowest BCUT2D eigenvalue weighted by molar-refractivity contribution is 0.267. The zero-order chi connectivity index (χ0) is 9.07. The quantitative estimate of drug-likeness (QED) is 0.649. The van der Waals surface area contributed by atoms with Crippen LogP contribution in [-0.2, 0) is 10.0 Å². The van der Waals surface area contributed by atoms with Crippen molar-refractivity contribution in [2.75, 3.05) is 0 Å². The summed E-state index contributed by atoms with van der Waals surface area (Å²) in [5.41, 5.74) is -0.872. The Morgan fingerprint density at radius 1 is 1.64 bits per heavy atom. The van der Waals surface area contributed by atoms with Crippen LogP contribution in [0.25, 0.3) is 0 Å². The molecule has 2 N–H and O–H groups in total. The summed E-state index contributed by atoms with van der Waals surface area (Å²) in [4.78, 5) is 0. The summed E-state index contributed by atoms with van der Waals surface area (Å²) >= 11 is 0. The van der Waals surface area contributed by atoms with Crippen LogP contribution in [0.1, 0.15) is 20.8 Å². The molecule has 5 heteroatoms. The highest BCUT2D eigenvalue weighted by Gasteiger charge is 2.16. The van der Waals surface area contributed by atoms with Gasteiger partial charge in [-0.05, 0) is 20.8 Å². The lowest BCUT2D eigenvalue weighted by Gasteiger charge is -2.09. The molecule has 1 atom stereocenters. The fraction of sp³-hybridized carbons (Fsp3) is 0.667. The minimum atomic E-state index is -3.57. The molecule has 0 saturated carbocycles. The topological polar surface area (TPSA) is 66.4 Å². The zero-order valence-corrected chi connectivity index (χ0v) is 7.64. The molecule has 0 aliphatic rings. The van der Waals surface area contributed by atoms with E-state index in [1.807, 2.05) is 0 Å². The van der Waals surface area contributed by atoms with Crippen molar-refractivity contribution >= 4 is 10.0 Å². The molecule has 1 unspecified atom stereocenters. The molecule has 0 aromatic rings. The van der Waals surface area contributed by atoms with Crippen LogP contribution in [0, 0.1) is 0 Å². The Morgan fingerprint density at radius 2 is 2.09 bits per heavy atom. The van der Waals surface area contributed by atoms with E-state index in [-0.39, 0.29) is 0 Å². The second-order valence-electron chi connectivity index (χ2n) is 2.22. The Labute approximate surface area is 67.0 Å². The van der Waals surface area contributed by atoms with E-state index >= 15 is 0 Å². The molecule has 0 radical (unpaired) electrons. The first-order valence-electron chi connectivity index (χ1n) is 3.22. The number of hydrogen-bond acceptors (Lipinski definition) is 3. The molecule has 0 aliphatic carbocycles. The average Bonchev–Trinajstić information content (AvgIpc) is 1.86. The number of sulfonamides is 1. The molecule has 4 nitrogen and oxygen atoms in total. The molecule has 0 aromatic heterocycles. The van der Waals surface area contributed by atoms with Gasteiger partial charge >= 0.3 is 0 Å². The van der Waals surface area contributed by atoms with Crippen LogP contribution in [0.4, 0.5) is 0 Å². The standard InChI is InChI=1S/C6H13NO3S/c1-4-5(2)7-11(9,10)6(3)8/h4,6-8H,1-3H3/b5-4+. The summed E-state index contributed by atoms with van der Waals surface area (Å²) in [6, 6.07) is 0. The first kappa shape index (κ1) is 10.4. The fourth-order valence-electron chi connectivity index (χ4n) is 0.369. The summed E-state index contributed by atoms with van der Waals surface area (Å²) in [5.74, 6) is 0. The molecular formula is C6H13NO3S. The van der Waals surface area contributed by atoms with Crippen molar-refractivity contribution in [1.82, 2.24) is 4.72 Å². The molecule has 0 rings (SSSR count). The van der Waals surface area contributed by atoms with Gasteiger partial charge in [0, 0.05) is 5.70 Å². The van der Waals surface area contributed by atoms with E-state index < -0.39 is 15.5 Å². The minimum absolute atomic E-state index is 0.505. The molecule has 0 spiro atoms. The lowest BCUT2D eigenvalue weighted by Crippen LogP contribution is -2.30. The van der Waals surface area contributed by atoms with Crippen LogP contribution in [0.15, 0.2) is 11.8 Å². The second-order valence-corrected chi connectivity index (χ2v) is 4.19. The summed E-state index contributed by atoms with van der Waals surface area (Å²) in [5, 5.41) is 8.75. The largest absolute Gasteiger partial charge is 0.376 e. The van der Waals surface area contributed by atoms with Gasteiger partial charge in [-0.15, -0.1) is 0 Å². The van der Waals surface area contributed by atoms with Crippen molar-refractivity contribution in [3.63, 3.8) is 0 Å². The molecule has 0 aromatic carbocycles. The molecule has 0 fully saturated rings. The third kappa shape index (κ3) is 3.38. The number of aliphatic hydroxyl groups excluding tert-OH is 1. The van der Waals surface area contributed by atoms with Crippen LogP contribution in [0.2, 0.25) is 0 Å². The van der Waals surface area contributed by atoms with Gasteiger partial charge in [0.15, 0.2) is 5.44 Å². The monoisotopic (exact) mass is 179 g/mol. The Hall–Kier alpha value is -0.550. The Balaban J connectivity index is 4.39. The summed E-state index contributed by atoms with van der Waals surface area (Å²) in [6.07, 6.45) is 1.61. The van der Waals surface area contributed by atoms with Gasteiger partial charge in [0.1, 0.15) is 0 Å². The normalized spacial score (nSPS) is 16.2. The number of aliphatic hydroxyl groups is 1. The van der Waals surface area contributed by atoms with E-state index in [0.717, 1.165) is 0 Å². The summed E-state index contributed by atoms with van der Waals surface area (Å²) < 4.78 is 24.0. The molecule has 66 valence electrons. The van der Waals surface area contributed by atoms with Crippen LogP contribution in [-0.4, -0.2) is 19.0 Å². The van der Waals surface area contributed by atoms with E-state index in [9.17, 15) is 8.42 Å². The van der Waals surface area contributed by atoms with Gasteiger partial charge in [-0.1, -0.05) is 6.08 Å². The predicted octanol–water partition coefficient (Wildman–Crippen LogP) is 0.168. The molecule has 0 heterocycles. The number of nitrogens with one attached hydrogen (secondary N) is 1.